The molecule has 0 saturated carbocycles. The van der Waals surface area contributed by atoms with Crippen molar-refractivity contribution in [2.45, 2.75) is 17.5 Å². The van der Waals surface area contributed by atoms with Crippen molar-refractivity contribution in [2.75, 3.05) is 11.6 Å². The first-order valence-electron chi connectivity index (χ1n) is 7.71. The molecular formula is C18H16F3N3O2S. The summed E-state index contributed by atoms with van der Waals surface area (Å²) in [7, 11) is 0. The van der Waals surface area contributed by atoms with Gasteiger partial charge in [0.05, 0.1) is 11.8 Å². The van der Waals surface area contributed by atoms with Gasteiger partial charge < -0.3 is 5.32 Å². The Balaban J connectivity index is 1.84. The Morgan fingerprint density at radius 1 is 1.11 bits per heavy atom. The number of hydrogen-bond acceptors (Lipinski definition) is 4. The van der Waals surface area contributed by atoms with Crippen LogP contribution in [0.15, 0.2) is 58.5 Å². The van der Waals surface area contributed by atoms with E-state index < -0.39 is 30.0 Å². The number of alkyl halides is 3. The molecule has 2 amide bonds. The number of halogens is 3. The summed E-state index contributed by atoms with van der Waals surface area (Å²) in [6.07, 6.45) is -1.71. The Bertz CT molecular complexity index is 836. The summed E-state index contributed by atoms with van der Waals surface area (Å²) in [4.78, 5) is 24.6. The molecule has 2 aromatic rings. The van der Waals surface area contributed by atoms with Crippen LogP contribution in [0.25, 0.3) is 0 Å². The van der Waals surface area contributed by atoms with Crippen molar-refractivity contribution in [3.63, 3.8) is 0 Å². The maximum Gasteiger partial charge on any atom is 0.416 e. The number of hydrogen-bond donors (Lipinski definition) is 2. The lowest BCUT2D eigenvalue weighted by Gasteiger charge is -2.09. The second kappa shape index (κ2) is 9.22. The molecule has 0 heterocycles. The number of benzene rings is 2. The maximum absolute atomic E-state index is 12.6. The third-order valence-corrected chi connectivity index (χ3v) is 4.06. The van der Waals surface area contributed by atoms with Gasteiger partial charge >= 0.3 is 6.18 Å². The van der Waals surface area contributed by atoms with E-state index in [1.165, 1.54) is 18.3 Å². The number of thioether (sulfide) groups is 1. The Morgan fingerprint density at radius 2 is 1.81 bits per heavy atom. The van der Waals surface area contributed by atoms with E-state index in [1.54, 1.807) is 11.8 Å². The second-order valence-electron chi connectivity index (χ2n) is 5.37. The molecule has 0 aliphatic heterocycles. The third kappa shape index (κ3) is 6.78. The molecule has 27 heavy (non-hydrogen) atoms. The van der Waals surface area contributed by atoms with E-state index in [2.05, 4.69) is 15.8 Å². The van der Waals surface area contributed by atoms with E-state index in [4.69, 9.17) is 0 Å². The lowest BCUT2D eigenvalue weighted by atomic mass is 10.2. The van der Waals surface area contributed by atoms with Gasteiger partial charge in [-0.05, 0) is 42.2 Å². The fourth-order valence-electron chi connectivity index (χ4n) is 2.03. The highest BCUT2D eigenvalue weighted by Crippen LogP contribution is 2.30. The number of nitrogens with one attached hydrogen (secondary N) is 2. The standard InChI is InChI=1S/C18H16F3N3O2S/c1-27-15-7-5-12(6-8-15)11-22-24-17(26)10-16(25)23-14-4-2-3-13(9-14)18(19,20)21/h2-9,11H,10H2,1H3,(H,23,25)(H,24,26). The van der Waals surface area contributed by atoms with Crippen LogP contribution >= 0.6 is 11.8 Å². The van der Waals surface area contributed by atoms with Gasteiger partial charge in [0, 0.05) is 10.6 Å². The van der Waals surface area contributed by atoms with Gasteiger partial charge in [0.1, 0.15) is 6.42 Å². The molecule has 2 rings (SSSR count). The van der Waals surface area contributed by atoms with Crippen LogP contribution in [0, 0.1) is 0 Å². The molecule has 0 aliphatic carbocycles. The van der Waals surface area contributed by atoms with Crippen LogP contribution in [0.5, 0.6) is 0 Å². The van der Waals surface area contributed by atoms with Gasteiger partial charge in [0.25, 0.3) is 0 Å². The summed E-state index contributed by atoms with van der Waals surface area (Å²) in [5.41, 5.74) is 2.03. The van der Waals surface area contributed by atoms with Crippen molar-refractivity contribution in [3.05, 3.63) is 59.7 Å². The summed E-state index contributed by atoms with van der Waals surface area (Å²) in [6.45, 7) is 0. The molecule has 9 heteroatoms. The lowest BCUT2D eigenvalue weighted by molar-refractivity contribution is -0.137. The quantitative estimate of drug-likeness (QED) is 0.337. The van der Waals surface area contributed by atoms with Gasteiger partial charge in [-0.1, -0.05) is 18.2 Å². The van der Waals surface area contributed by atoms with Crippen molar-refractivity contribution in [2.24, 2.45) is 5.10 Å². The average Bonchev–Trinajstić information content (AvgIpc) is 2.61. The molecule has 0 saturated heterocycles. The van der Waals surface area contributed by atoms with Crippen LogP contribution in [0.4, 0.5) is 18.9 Å². The topological polar surface area (TPSA) is 70.6 Å². The fourth-order valence-corrected chi connectivity index (χ4v) is 2.44. The number of rotatable bonds is 6. The van der Waals surface area contributed by atoms with E-state index in [1.807, 2.05) is 30.5 Å². The molecular weight excluding hydrogens is 379 g/mol. The molecule has 0 fully saturated rings. The molecule has 2 N–H and O–H groups in total. The fraction of sp³-hybridized carbons (Fsp3) is 0.167. The summed E-state index contributed by atoms with van der Waals surface area (Å²) < 4.78 is 37.9. The maximum atomic E-state index is 12.6. The van der Waals surface area contributed by atoms with Crippen molar-refractivity contribution < 1.29 is 22.8 Å². The van der Waals surface area contributed by atoms with Gasteiger partial charge in [-0.25, -0.2) is 5.43 Å². The van der Waals surface area contributed by atoms with Crippen molar-refractivity contribution in [1.29, 1.82) is 0 Å². The molecule has 0 aliphatic rings. The number of carbonyl (C=O) groups excluding carboxylic acids is 2. The highest BCUT2D eigenvalue weighted by atomic mass is 32.2. The smallest absolute Gasteiger partial charge is 0.326 e. The van der Waals surface area contributed by atoms with Gasteiger partial charge in [-0.15, -0.1) is 11.8 Å². The van der Waals surface area contributed by atoms with E-state index >= 15 is 0 Å². The predicted octanol–water partition coefficient (Wildman–Crippen LogP) is 3.91. The second-order valence-corrected chi connectivity index (χ2v) is 6.25. The Kier molecular flexibility index (Phi) is 7.00. The average molecular weight is 395 g/mol. The molecule has 0 radical (unpaired) electrons. The molecule has 2 aromatic carbocycles. The zero-order valence-corrected chi connectivity index (χ0v) is 15.0. The Labute approximate surface area is 158 Å². The Hall–Kier alpha value is -2.81. The minimum Gasteiger partial charge on any atom is -0.326 e. The zero-order valence-electron chi connectivity index (χ0n) is 14.2. The first-order chi connectivity index (χ1) is 12.8. The van der Waals surface area contributed by atoms with Gasteiger partial charge in [0.15, 0.2) is 0 Å². The molecule has 142 valence electrons. The minimum atomic E-state index is -4.51. The lowest BCUT2D eigenvalue weighted by Crippen LogP contribution is -2.24. The molecule has 0 atom stereocenters. The van der Waals surface area contributed by atoms with Crippen LogP contribution in [0.3, 0.4) is 0 Å². The number of carbonyl (C=O) groups is 2. The largest absolute Gasteiger partial charge is 0.416 e. The Morgan fingerprint density at radius 3 is 2.44 bits per heavy atom. The van der Waals surface area contributed by atoms with E-state index in [0.29, 0.717) is 0 Å². The number of hydrazone groups is 1. The van der Waals surface area contributed by atoms with Crippen molar-refractivity contribution >= 4 is 35.5 Å². The van der Waals surface area contributed by atoms with E-state index in [-0.39, 0.29) is 5.69 Å². The van der Waals surface area contributed by atoms with Crippen LogP contribution in [-0.4, -0.2) is 24.3 Å². The number of amides is 2. The molecule has 0 bridgehead atoms. The van der Waals surface area contributed by atoms with Crippen molar-refractivity contribution in [1.82, 2.24) is 5.43 Å². The predicted molar refractivity (Wildman–Crippen MR) is 98.7 cm³/mol. The zero-order chi connectivity index (χ0) is 19.9. The summed E-state index contributed by atoms with van der Waals surface area (Å²) in [5.74, 6) is -1.43. The van der Waals surface area contributed by atoms with Crippen LogP contribution in [0.2, 0.25) is 0 Å². The molecule has 0 aromatic heterocycles. The van der Waals surface area contributed by atoms with Crippen LogP contribution in [0.1, 0.15) is 17.5 Å². The number of nitrogens with zero attached hydrogens (tertiary/aromatic N) is 1. The third-order valence-electron chi connectivity index (χ3n) is 3.31. The van der Waals surface area contributed by atoms with E-state index in [9.17, 15) is 22.8 Å². The summed E-state index contributed by atoms with van der Waals surface area (Å²) in [5, 5.41) is 6.00. The highest BCUT2D eigenvalue weighted by molar-refractivity contribution is 7.98. The van der Waals surface area contributed by atoms with Gasteiger partial charge in [0.2, 0.25) is 11.8 Å². The monoisotopic (exact) mass is 395 g/mol. The first-order valence-corrected chi connectivity index (χ1v) is 8.93. The van der Waals surface area contributed by atoms with Gasteiger partial charge in [-0.3, -0.25) is 9.59 Å². The summed E-state index contributed by atoms with van der Waals surface area (Å²) >= 11 is 1.59. The normalized spacial score (nSPS) is 11.4. The molecule has 0 spiro atoms. The SMILES string of the molecule is CSc1ccc(C=NNC(=O)CC(=O)Nc2cccc(C(F)(F)F)c2)cc1. The minimum absolute atomic E-state index is 0.0417. The molecule has 5 nitrogen and oxygen atoms in total. The first kappa shape index (κ1) is 20.5. The van der Waals surface area contributed by atoms with E-state index in [0.717, 1.165) is 22.6 Å². The number of anilines is 1. The highest BCUT2D eigenvalue weighted by Gasteiger charge is 2.30. The summed E-state index contributed by atoms with van der Waals surface area (Å²) in [6, 6.07) is 11.6. The van der Waals surface area contributed by atoms with Gasteiger partial charge in [-0.2, -0.15) is 18.3 Å². The van der Waals surface area contributed by atoms with Crippen LogP contribution < -0.4 is 10.7 Å². The van der Waals surface area contributed by atoms with Crippen LogP contribution in [-0.2, 0) is 15.8 Å². The van der Waals surface area contributed by atoms with Crippen molar-refractivity contribution in [3.8, 4) is 0 Å². The molecule has 0 unspecified atom stereocenters.